The van der Waals surface area contributed by atoms with Crippen LogP contribution in [0.25, 0.3) is 0 Å². The summed E-state index contributed by atoms with van der Waals surface area (Å²) in [6.45, 7) is -0.729. The summed E-state index contributed by atoms with van der Waals surface area (Å²) < 4.78 is 32.4. The van der Waals surface area contributed by atoms with Crippen LogP contribution in [0.4, 0.5) is 0 Å². The summed E-state index contributed by atoms with van der Waals surface area (Å²) >= 11 is 2.09. The van der Waals surface area contributed by atoms with Gasteiger partial charge in [0.25, 0.3) is 0 Å². The third-order valence-electron chi connectivity index (χ3n) is 3.41. The van der Waals surface area contributed by atoms with Crippen molar-refractivity contribution < 1.29 is 18.3 Å². The van der Waals surface area contributed by atoms with E-state index in [2.05, 4.69) is 34.4 Å². The molecule has 1 N–H and O–H groups in total. The second-order valence-corrected chi connectivity index (χ2v) is 8.20. The number of halogens is 1. The van der Waals surface area contributed by atoms with Gasteiger partial charge in [-0.05, 0) is 52.4 Å². The highest BCUT2D eigenvalue weighted by molar-refractivity contribution is 14.1. The van der Waals surface area contributed by atoms with E-state index in [1.54, 1.807) is 12.1 Å². The van der Waals surface area contributed by atoms with Gasteiger partial charge in [-0.15, -0.1) is 4.31 Å². The third kappa shape index (κ3) is 5.26. The van der Waals surface area contributed by atoms with Gasteiger partial charge in [0.2, 0.25) is 10.0 Å². The Hall–Kier alpha value is -1.44. The second kappa shape index (κ2) is 9.31. The molecule has 0 heterocycles. The molecule has 0 fully saturated rings. The molecule has 5 nitrogen and oxygen atoms in total. The van der Waals surface area contributed by atoms with Crippen LogP contribution in [0, 0.1) is 15.4 Å². The largest absolute Gasteiger partial charge is 0.380 e. The highest BCUT2D eigenvalue weighted by atomic mass is 127. The quantitative estimate of drug-likeness (QED) is 0.400. The molecule has 0 amide bonds. The molecule has 0 aliphatic carbocycles. The van der Waals surface area contributed by atoms with Gasteiger partial charge in [-0.25, -0.2) is 8.42 Å². The number of rotatable bonds is 6. The van der Waals surface area contributed by atoms with Gasteiger partial charge in [0.1, 0.15) is 6.73 Å². The molecule has 25 heavy (non-hydrogen) atoms. The lowest BCUT2D eigenvalue weighted by Gasteiger charge is -2.24. The van der Waals surface area contributed by atoms with Crippen molar-refractivity contribution in [2.45, 2.75) is 17.5 Å². The van der Waals surface area contributed by atoms with Crippen LogP contribution in [0.15, 0.2) is 59.5 Å². The number of hydrogen-bond acceptors (Lipinski definition) is 4. The van der Waals surface area contributed by atoms with E-state index in [1.807, 2.05) is 30.3 Å². The Morgan fingerprint density at radius 2 is 1.80 bits per heavy atom. The van der Waals surface area contributed by atoms with Crippen LogP contribution in [0.1, 0.15) is 5.56 Å². The first kappa shape index (κ1) is 19.9. The SMILES string of the molecule is CO[C@@H](C#CCc1ccccc1)N(CO)S(=O)(=O)c1ccc(I)cc1. The van der Waals surface area contributed by atoms with Crippen molar-refractivity contribution in [3.8, 4) is 11.8 Å². The van der Waals surface area contributed by atoms with Crippen molar-refractivity contribution in [3.63, 3.8) is 0 Å². The fraction of sp³-hybridized carbons (Fsp3) is 0.222. The van der Waals surface area contributed by atoms with Gasteiger partial charge < -0.3 is 9.84 Å². The second-order valence-electron chi connectivity index (χ2n) is 5.06. The fourth-order valence-corrected chi connectivity index (χ4v) is 3.76. The Bertz CT molecular complexity index is 842. The molecule has 2 aromatic carbocycles. The Balaban J connectivity index is 2.23. The van der Waals surface area contributed by atoms with E-state index in [0.29, 0.717) is 6.42 Å². The molecule has 0 saturated heterocycles. The average molecular weight is 471 g/mol. The molecule has 2 rings (SSSR count). The van der Waals surface area contributed by atoms with Crippen molar-refractivity contribution in [2.24, 2.45) is 0 Å². The van der Waals surface area contributed by atoms with Crippen LogP contribution in [0.3, 0.4) is 0 Å². The Kier molecular flexibility index (Phi) is 7.40. The maximum atomic E-state index is 12.7. The van der Waals surface area contributed by atoms with Crippen molar-refractivity contribution in [2.75, 3.05) is 13.8 Å². The zero-order chi connectivity index (χ0) is 18.3. The van der Waals surface area contributed by atoms with Gasteiger partial charge in [-0.2, -0.15) is 0 Å². The summed E-state index contributed by atoms with van der Waals surface area (Å²) in [7, 11) is -2.57. The number of sulfonamides is 1. The zero-order valence-corrected chi connectivity index (χ0v) is 16.6. The van der Waals surface area contributed by atoms with Gasteiger partial charge in [-0.3, -0.25) is 0 Å². The van der Waals surface area contributed by atoms with Crippen LogP contribution >= 0.6 is 22.6 Å². The summed E-state index contributed by atoms with van der Waals surface area (Å²) in [5.74, 6) is 5.68. The summed E-state index contributed by atoms with van der Waals surface area (Å²) in [5, 5.41) is 9.59. The van der Waals surface area contributed by atoms with E-state index in [9.17, 15) is 13.5 Å². The minimum Gasteiger partial charge on any atom is -0.380 e. The monoisotopic (exact) mass is 471 g/mol. The molecule has 0 saturated carbocycles. The first-order valence-electron chi connectivity index (χ1n) is 7.42. The van der Waals surface area contributed by atoms with E-state index in [0.717, 1.165) is 13.4 Å². The topological polar surface area (TPSA) is 66.8 Å². The molecule has 132 valence electrons. The molecule has 0 aromatic heterocycles. The molecule has 0 bridgehead atoms. The van der Waals surface area contributed by atoms with Crippen molar-refractivity contribution in [1.82, 2.24) is 4.31 Å². The van der Waals surface area contributed by atoms with Crippen LogP contribution in [-0.2, 0) is 21.2 Å². The lowest BCUT2D eigenvalue weighted by atomic mass is 10.2. The number of nitrogens with zero attached hydrogens (tertiary/aromatic N) is 1. The summed E-state index contributed by atoms with van der Waals surface area (Å²) in [4.78, 5) is 0.0777. The molecular weight excluding hydrogens is 453 g/mol. The zero-order valence-electron chi connectivity index (χ0n) is 13.6. The maximum absolute atomic E-state index is 12.7. The molecule has 1 atom stereocenters. The Morgan fingerprint density at radius 3 is 2.36 bits per heavy atom. The number of ether oxygens (including phenoxy) is 1. The lowest BCUT2D eigenvalue weighted by Crippen LogP contribution is -2.41. The molecule has 2 aromatic rings. The molecule has 0 radical (unpaired) electrons. The minimum atomic E-state index is -3.92. The average Bonchev–Trinajstić information content (AvgIpc) is 2.62. The van der Waals surface area contributed by atoms with Crippen LogP contribution in [-0.4, -0.2) is 37.9 Å². The maximum Gasteiger partial charge on any atom is 0.248 e. The predicted octanol–water partition coefficient (Wildman–Crippen LogP) is 2.45. The van der Waals surface area contributed by atoms with Gasteiger partial charge >= 0.3 is 0 Å². The first-order valence-corrected chi connectivity index (χ1v) is 9.94. The van der Waals surface area contributed by atoms with Crippen LogP contribution < -0.4 is 0 Å². The van der Waals surface area contributed by atoms with E-state index in [-0.39, 0.29) is 4.90 Å². The fourth-order valence-electron chi connectivity index (χ4n) is 2.10. The summed E-state index contributed by atoms with van der Waals surface area (Å²) in [6, 6.07) is 15.9. The predicted molar refractivity (Wildman–Crippen MR) is 104 cm³/mol. The molecule has 0 unspecified atom stereocenters. The highest BCUT2D eigenvalue weighted by Crippen LogP contribution is 2.19. The minimum absolute atomic E-state index is 0.0777. The van der Waals surface area contributed by atoms with Gasteiger partial charge in [0.15, 0.2) is 6.23 Å². The molecule has 7 heteroatoms. The van der Waals surface area contributed by atoms with Gasteiger partial charge in [0.05, 0.1) is 4.90 Å². The molecule has 0 aliphatic heterocycles. The van der Waals surface area contributed by atoms with Crippen molar-refractivity contribution in [1.29, 1.82) is 0 Å². The van der Waals surface area contributed by atoms with E-state index < -0.39 is 23.0 Å². The highest BCUT2D eigenvalue weighted by Gasteiger charge is 2.30. The summed E-state index contributed by atoms with van der Waals surface area (Å²) in [5.41, 5.74) is 1.01. The number of methoxy groups -OCH3 is 1. The normalized spacial score (nSPS) is 12.5. The lowest BCUT2D eigenvalue weighted by molar-refractivity contribution is 0.0181. The number of benzene rings is 2. The van der Waals surface area contributed by atoms with Crippen molar-refractivity contribution >= 4 is 32.6 Å². The van der Waals surface area contributed by atoms with Gasteiger partial charge in [-0.1, -0.05) is 42.2 Å². The standard InChI is InChI=1S/C18H18INO4S/c1-24-18(9-5-8-15-6-3-2-4-7-15)20(14-21)25(22,23)17-12-10-16(19)11-13-17/h2-4,6-7,10-13,18,21H,8,14H2,1H3/t18-/m0/s1. The molecule has 0 aliphatic rings. The summed E-state index contributed by atoms with van der Waals surface area (Å²) in [6.07, 6.45) is -0.609. The third-order valence-corrected chi connectivity index (χ3v) is 5.92. The number of aliphatic hydroxyl groups is 1. The van der Waals surface area contributed by atoms with E-state index in [4.69, 9.17) is 4.74 Å². The smallest absolute Gasteiger partial charge is 0.248 e. The molecular formula is C18H18INO4S. The number of hydrogen-bond donors (Lipinski definition) is 1. The Labute approximate surface area is 161 Å². The van der Waals surface area contributed by atoms with Crippen molar-refractivity contribution in [3.05, 3.63) is 63.7 Å². The van der Waals surface area contributed by atoms with E-state index in [1.165, 1.54) is 19.2 Å². The molecule has 0 spiro atoms. The van der Waals surface area contributed by atoms with Crippen LogP contribution in [0.2, 0.25) is 0 Å². The van der Waals surface area contributed by atoms with Gasteiger partial charge in [0, 0.05) is 17.1 Å². The van der Waals surface area contributed by atoms with Crippen LogP contribution in [0.5, 0.6) is 0 Å². The Morgan fingerprint density at radius 1 is 1.16 bits per heavy atom. The first-order chi connectivity index (χ1) is 12.0. The number of aliphatic hydroxyl groups excluding tert-OH is 1. The van der Waals surface area contributed by atoms with E-state index >= 15 is 0 Å².